The van der Waals surface area contributed by atoms with Gasteiger partial charge >= 0.3 is 11.9 Å². The second-order valence-corrected chi connectivity index (χ2v) is 6.24. The van der Waals surface area contributed by atoms with E-state index in [1.54, 1.807) is 24.3 Å². The fourth-order valence-corrected chi connectivity index (χ4v) is 2.47. The van der Waals surface area contributed by atoms with Gasteiger partial charge in [-0.05, 0) is 54.0 Å². The summed E-state index contributed by atoms with van der Waals surface area (Å²) in [4.78, 5) is 23.7. The maximum atomic E-state index is 12.2. The number of rotatable bonds is 9. The molecule has 31 heavy (non-hydrogen) atoms. The van der Waals surface area contributed by atoms with Crippen LogP contribution in [0.1, 0.15) is 24.5 Å². The number of carbonyl (C=O) groups excluding carboxylic acids is 2. The summed E-state index contributed by atoms with van der Waals surface area (Å²) in [6.45, 7) is 2.69. The zero-order valence-corrected chi connectivity index (χ0v) is 17.6. The molecule has 0 amide bonds. The predicted octanol–water partition coefficient (Wildman–Crippen LogP) is 4.18. The van der Waals surface area contributed by atoms with Crippen LogP contribution in [-0.4, -0.2) is 32.8 Å². The predicted molar refractivity (Wildman–Crippen MR) is 115 cm³/mol. The van der Waals surface area contributed by atoms with Crippen LogP contribution in [0.2, 0.25) is 0 Å². The van der Waals surface area contributed by atoms with Crippen molar-refractivity contribution in [3.8, 4) is 23.3 Å². The maximum absolute atomic E-state index is 12.2. The van der Waals surface area contributed by atoms with Crippen LogP contribution in [0, 0.1) is 11.3 Å². The third-order valence-corrected chi connectivity index (χ3v) is 4.00. The Morgan fingerprint density at radius 3 is 2.35 bits per heavy atom. The van der Waals surface area contributed by atoms with Crippen molar-refractivity contribution in [3.05, 3.63) is 65.2 Å². The average molecular weight is 421 g/mol. The van der Waals surface area contributed by atoms with Crippen LogP contribution in [0.5, 0.6) is 17.2 Å². The highest BCUT2D eigenvalue weighted by molar-refractivity contribution is 5.98. The number of hydrogen-bond donors (Lipinski definition) is 0. The Hall–Kier alpha value is -4.05. The Balaban J connectivity index is 2.09. The van der Waals surface area contributed by atoms with E-state index in [-0.39, 0.29) is 17.1 Å². The molecule has 2 aromatic carbocycles. The molecule has 0 N–H and O–H groups in total. The number of carbonyl (C=O) groups is 2. The molecule has 0 fully saturated rings. The molecule has 0 unspecified atom stereocenters. The van der Waals surface area contributed by atoms with Crippen LogP contribution in [0.3, 0.4) is 0 Å². The van der Waals surface area contributed by atoms with Crippen molar-refractivity contribution < 1.29 is 28.5 Å². The molecule has 0 aliphatic heterocycles. The molecule has 0 saturated heterocycles. The van der Waals surface area contributed by atoms with E-state index in [9.17, 15) is 9.59 Å². The average Bonchev–Trinajstić information content (AvgIpc) is 2.80. The lowest BCUT2D eigenvalue weighted by molar-refractivity contribution is -0.135. The van der Waals surface area contributed by atoms with E-state index in [0.29, 0.717) is 12.2 Å². The van der Waals surface area contributed by atoms with Gasteiger partial charge in [0.1, 0.15) is 17.4 Å². The van der Waals surface area contributed by atoms with Crippen LogP contribution < -0.4 is 14.2 Å². The van der Waals surface area contributed by atoms with Crippen molar-refractivity contribution in [2.45, 2.75) is 13.3 Å². The van der Waals surface area contributed by atoms with E-state index in [1.807, 2.05) is 31.2 Å². The van der Waals surface area contributed by atoms with Crippen LogP contribution in [-0.2, 0) is 14.3 Å². The van der Waals surface area contributed by atoms with Gasteiger partial charge in [0.15, 0.2) is 11.5 Å². The van der Waals surface area contributed by atoms with Gasteiger partial charge in [-0.1, -0.05) is 25.1 Å². The molecule has 160 valence electrons. The van der Waals surface area contributed by atoms with Crippen LogP contribution in [0.15, 0.2) is 54.1 Å². The van der Waals surface area contributed by atoms with E-state index in [4.69, 9.17) is 19.5 Å². The van der Waals surface area contributed by atoms with Crippen molar-refractivity contribution in [2.75, 3.05) is 20.8 Å². The normalized spacial score (nSPS) is 11.0. The Morgan fingerprint density at radius 1 is 1.03 bits per heavy atom. The van der Waals surface area contributed by atoms with Gasteiger partial charge in [0, 0.05) is 6.08 Å². The number of methoxy groups -OCH3 is 2. The first kappa shape index (κ1) is 23.2. The molecule has 0 aliphatic carbocycles. The number of nitrogens with zero attached hydrogens (tertiary/aromatic N) is 1. The second-order valence-electron chi connectivity index (χ2n) is 6.24. The highest BCUT2D eigenvalue weighted by Gasteiger charge is 2.12. The van der Waals surface area contributed by atoms with Gasteiger partial charge < -0.3 is 18.9 Å². The van der Waals surface area contributed by atoms with Crippen molar-refractivity contribution in [1.29, 1.82) is 5.26 Å². The SMILES string of the molecule is CCCOc1ccc(C=CC(=O)Oc2ccc(C=C(C#N)C(=O)OC)cc2OC)cc1. The number of ether oxygens (including phenoxy) is 4. The van der Waals surface area contributed by atoms with Crippen LogP contribution in [0.25, 0.3) is 12.2 Å². The van der Waals surface area contributed by atoms with E-state index >= 15 is 0 Å². The van der Waals surface area contributed by atoms with Gasteiger partial charge in [0.2, 0.25) is 0 Å². The van der Waals surface area contributed by atoms with Crippen molar-refractivity contribution >= 4 is 24.1 Å². The first-order valence-electron chi connectivity index (χ1n) is 9.51. The summed E-state index contributed by atoms with van der Waals surface area (Å²) in [5, 5.41) is 9.06. The van der Waals surface area contributed by atoms with E-state index in [0.717, 1.165) is 17.7 Å². The molecule has 7 nitrogen and oxygen atoms in total. The molecular formula is C24H23NO6. The highest BCUT2D eigenvalue weighted by Crippen LogP contribution is 2.29. The molecule has 2 aromatic rings. The van der Waals surface area contributed by atoms with Gasteiger partial charge in [-0.2, -0.15) is 5.26 Å². The standard InChI is InChI=1S/C24H23NO6/c1-4-13-30-20-9-5-17(6-10-20)8-12-23(26)31-21-11-7-18(15-22(21)28-2)14-19(16-25)24(27)29-3/h5-12,14-15H,4,13H2,1-3H3. The maximum Gasteiger partial charge on any atom is 0.348 e. The van der Waals surface area contributed by atoms with Crippen molar-refractivity contribution in [1.82, 2.24) is 0 Å². The Labute approximate surface area is 181 Å². The van der Waals surface area contributed by atoms with Gasteiger partial charge in [0.05, 0.1) is 20.8 Å². The summed E-state index contributed by atoms with van der Waals surface area (Å²) < 4.78 is 20.7. The molecule has 0 saturated carbocycles. The quantitative estimate of drug-likeness (QED) is 0.259. The molecular weight excluding hydrogens is 398 g/mol. The summed E-state index contributed by atoms with van der Waals surface area (Å²) in [5.41, 5.74) is 1.17. The minimum Gasteiger partial charge on any atom is -0.494 e. The van der Waals surface area contributed by atoms with Crippen molar-refractivity contribution in [3.63, 3.8) is 0 Å². The van der Waals surface area contributed by atoms with Crippen molar-refractivity contribution in [2.24, 2.45) is 0 Å². The number of hydrogen-bond acceptors (Lipinski definition) is 7. The van der Waals surface area contributed by atoms with E-state index < -0.39 is 11.9 Å². The van der Waals surface area contributed by atoms with E-state index in [2.05, 4.69) is 4.74 Å². The van der Waals surface area contributed by atoms with Gasteiger partial charge in [-0.15, -0.1) is 0 Å². The summed E-state index contributed by atoms with van der Waals surface area (Å²) >= 11 is 0. The molecule has 0 heterocycles. The lowest BCUT2D eigenvalue weighted by atomic mass is 10.1. The first-order valence-corrected chi connectivity index (χ1v) is 9.51. The zero-order valence-electron chi connectivity index (χ0n) is 17.6. The Bertz CT molecular complexity index is 1020. The zero-order chi connectivity index (χ0) is 22.6. The minimum absolute atomic E-state index is 0.164. The van der Waals surface area contributed by atoms with Gasteiger partial charge in [-0.3, -0.25) is 0 Å². The molecule has 2 rings (SSSR count). The molecule has 0 radical (unpaired) electrons. The summed E-state index contributed by atoms with van der Waals surface area (Å²) in [7, 11) is 2.61. The topological polar surface area (TPSA) is 94.9 Å². The fourth-order valence-electron chi connectivity index (χ4n) is 2.47. The smallest absolute Gasteiger partial charge is 0.348 e. The summed E-state index contributed by atoms with van der Waals surface area (Å²) in [6, 6.07) is 13.8. The lowest BCUT2D eigenvalue weighted by Crippen LogP contribution is -2.05. The number of nitriles is 1. The summed E-state index contributed by atoms with van der Waals surface area (Å²) in [5.74, 6) is -0.0799. The highest BCUT2D eigenvalue weighted by atomic mass is 16.6. The van der Waals surface area contributed by atoms with Crippen LogP contribution >= 0.6 is 0 Å². The first-order chi connectivity index (χ1) is 15.0. The second kappa shape index (κ2) is 11.8. The van der Waals surface area contributed by atoms with Crippen LogP contribution in [0.4, 0.5) is 0 Å². The van der Waals surface area contributed by atoms with Gasteiger partial charge in [-0.25, -0.2) is 9.59 Å². The third-order valence-electron chi connectivity index (χ3n) is 4.00. The molecule has 0 spiro atoms. The molecule has 7 heteroatoms. The number of esters is 2. The summed E-state index contributed by atoms with van der Waals surface area (Å²) in [6.07, 6.45) is 5.22. The number of benzene rings is 2. The van der Waals surface area contributed by atoms with Gasteiger partial charge in [0.25, 0.3) is 0 Å². The Kier molecular flexibility index (Phi) is 8.87. The molecule has 0 bridgehead atoms. The Morgan fingerprint density at radius 2 is 1.74 bits per heavy atom. The lowest BCUT2D eigenvalue weighted by Gasteiger charge is -2.09. The molecule has 0 atom stereocenters. The monoisotopic (exact) mass is 421 g/mol. The minimum atomic E-state index is -0.743. The molecule has 0 aliphatic rings. The fraction of sp³-hybridized carbons (Fsp3) is 0.208. The van der Waals surface area contributed by atoms with E-state index in [1.165, 1.54) is 32.4 Å². The molecule has 0 aromatic heterocycles. The largest absolute Gasteiger partial charge is 0.494 e. The third kappa shape index (κ3) is 7.05.